The molecule has 2 aromatic rings. The van der Waals surface area contributed by atoms with Gasteiger partial charge in [0.1, 0.15) is 11.6 Å². The van der Waals surface area contributed by atoms with Crippen molar-refractivity contribution in [2.45, 2.75) is 19.4 Å². The summed E-state index contributed by atoms with van der Waals surface area (Å²) in [5, 5.41) is 10.1. The molecule has 2 aromatic carbocycles. The van der Waals surface area contributed by atoms with Crippen molar-refractivity contribution in [1.29, 1.82) is 0 Å². The fourth-order valence-electron chi connectivity index (χ4n) is 1.90. The number of aliphatic hydroxyl groups is 1. The Morgan fingerprint density at radius 1 is 1.16 bits per heavy atom. The van der Waals surface area contributed by atoms with Crippen molar-refractivity contribution in [1.82, 2.24) is 0 Å². The molecule has 0 saturated carbocycles. The highest BCUT2D eigenvalue weighted by molar-refractivity contribution is 9.10. The van der Waals surface area contributed by atoms with Crippen LogP contribution in [0.1, 0.15) is 22.8 Å². The maximum Gasteiger partial charge on any atom is 0.126 e. The molecule has 0 aromatic heterocycles. The van der Waals surface area contributed by atoms with Crippen LogP contribution in [0.15, 0.2) is 40.9 Å². The molecule has 0 aliphatic heterocycles. The van der Waals surface area contributed by atoms with Crippen molar-refractivity contribution in [3.63, 3.8) is 0 Å². The molecule has 0 heterocycles. The molecule has 2 rings (SSSR count). The predicted octanol–water partition coefficient (Wildman–Crippen LogP) is 4.31. The zero-order valence-corrected chi connectivity index (χ0v) is 11.9. The molecular formula is C15H13BrF2O. The largest absolute Gasteiger partial charge is 0.388 e. The summed E-state index contributed by atoms with van der Waals surface area (Å²) >= 11 is 3.32. The summed E-state index contributed by atoms with van der Waals surface area (Å²) in [4.78, 5) is 0. The van der Waals surface area contributed by atoms with Crippen LogP contribution in [0.2, 0.25) is 0 Å². The lowest BCUT2D eigenvalue weighted by molar-refractivity contribution is 0.178. The zero-order valence-electron chi connectivity index (χ0n) is 10.3. The normalized spacial score (nSPS) is 12.5. The second kappa shape index (κ2) is 5.80. The van der Waals surface area contributed by atoms with Gasteiger partial charge in [0, 0.05) is 10.9 Å². The van der Waals surface area contributed by atoms with Gasteiger partial charge in [-0.05, 0) is 47.9 Å². The molecule has 0 aliphatic carbocycles. The van der Waals surface area contributed by atoms with Crippen LogP contribution >= 0.6 is 15.9 Å². The minimum absolute atomic E-state index is 0.267. The van der Waals surface area contributed by atoms with E-state index in [1.165, 1.54) is 18.2 Å². The molecule has 1 unspecified atom stereocenters. The lowest BCUT2D eigenvalue weighted by Crippen LogP contribution is -2.03. The Labute approximate surface area is 119 Å². The maximum atomic E-state index is 13.2. The standard InChI is InChI=1S/C15H13BrF2O/c1-9-6-10(2-5-14(9)18)15(19)8-11-7-12(17)3-4-13(11)16/h2-7,15,19H,8H2,1H3. The van der Waals surface area contributed by atoms with Gasteiger partial charge >= 0.3 is 0 Å². The Morgan fingerprint density at radius 3 is 2.58 bits per heavy atom. The van der Waals surface area contributed by atoms with E-state index < -0.39 is 6.10 Å². The van der Waals surface area contributed by atoms with Gasteiger partial charge in [-0.3, -0.25) is 0 Å². The van der Waals surface area contributed by atoms with Gasteiger partial charge in [-0.25, -0.2) is 8.78 Å². The van der Waals surface area contributed by atoms with E-state index in [9.17, 15) is 13.9 Å². The van der Waals surface area contributed by atoms with Gasteiger partial charge in [-0.15, -0.1) is 0 Å². The average molecular weight is 327 g/mol. The van der Waals surface area contributed by atoms with Crippen molar-refractivity contribution in [2.75, 3.05) is 0 Å². The number of hydrogen-bond acceptors (Lipinski definition) is 1. The predicted molar refractivity (Wildman–Crippen MR) is 73.9 cm³/mol. The third-order valence-corrected chi connectivity index (χ3v) is 3.76. The third-order valence-electron chi connectivity index (χ3n) is 2.99. The molecule has 0 spiro atoms. The Hall–Kier alpha value is -1.26. The molecule has 0 fully saturated rings. The highest BCUT2D eigenvalue weighted by Gasteiger charge is 2.12. The first-order chi connectivity index (χ1) is 8.97. The SMILES string of the molecule is Cc1cc(C(O)Cc2cc(F)ccc2Br)ccc1F. The molecule has 0 bridgehead atoms. The topological polar surface area (TPSA) is 20.2 Å². The molecular weight excluding hydrogens is 314 g/mol. The number of benzene rings is 2. The zero-order chi connectivity index (χ0) is 14.0. The third kappa shape index (κ3) is 3.39. The summed E-state index contributed by atoms with van der Waals surface area (Å²) in [6.45, 7) is 1.64. The Bertz CT molecular complexity index is 599. The minimum atomic E-state index is -0.794. The first-order valence-corrected chi connectivity index (χ1v) is 6.64. The lowest BCUT2D eigenvalue weighted by atomic mass is 10.00. The fraction of sp³-hybridized carbons (Fsp3) is 0.200. The van der Waals surface area contributed by atoms with Crippen molar-refractivity contribution < 1.29 is 13.9 Å². The summed E-state index contributed by atoms with van der Waals surface area (Å²) in [5.41, 5.74) is 1.78. The fourth-order valence-corrected chi connectivity index (χ4v) is 2.31. The summed E-state index contributed by atoms with van der Waals surface area (Å²) in [5.74, 6) is -0.649. The smallest absolute Gasteiger partial charge is 0.126 e. The second-order valence-electron chi connectivity index (χ2n) is 4.46. The Balaban J connectivity index is 2.22. The number of aliphatic hydroxyl groups excluding tert-OH is 1. The molecule has 1 N–H and O–H groups in total. The summed E-state index contributed by atoms with van der Waals surface area (Å²) < 4.78 is 27.1. The van der Waals surface area contributed by atoms with Gasteiger partial charge in [0.25, 0.3) is 0 Å². The number of hydrogen-bond donors (Lipinski definition) is 1. The minimum Gasteiger partial charge on any atom is -0.388 e. The Kier molecular flexibility index (Phi) is 4.32. The average Bonchev–Trinajstić information content (AvgIpc) is 2.37. The first kappa shape index (κ1) is 14.2. The van der Waals surface area contributed by atoms with E-state index in [1.807, 2.05) is 0 Å². The molecule has 0 saturated heterocycles. The Morgan fingerprint density at radius 2 is 1.89 bits per heavy atom. The van der Waals surface area contributed by atoms with Crippen molar-refractivity contribution >= 4 is 15.9 Å². The molecule has 4 heteroatoms. The second-order valence-corrected chi connectivity index (χ2v) is 5.32. The van der Waals surface area contributed by atoms with E-state index in [4.69, 9.17) is 0 Å². The highest BCUT2D eigenvalue weighted by Crippen LogP contribution is 2.25. The van der Waals surface area contributed by atoms with Gasteiger partial charge in [0.2, 0.25) is 0 Å². The van der Waals surface area contributed by atoms with Gasteiger partial charge in [0.15, 0.2) is 0 Å². The lowest BCUT2D eigenvalue weighted by Gasteiger charge is -2.13. The van der Waals surface area contributed by atoms with Crippen LogP contribution in [0, 0.1) is 18.6 Å². The van der Waals surface area contributed by atoms with Crippen LogP contribution < -0.4 is 0 Å². The van der Waals surface area contributed by atoms with Crippen LogP contribution in [0.5, 0.6) is 0 Å². The van der Waals surface area contributed by atoms with Gasteiger partial charge < -0.3 is 5.11 Å². The first-order valence-electron chi connectivity index (χ1n) is 5.85. The molecule has 0 aliphatic rings. The van der Waals surface area contributed by atoms with Gasteiger partial charge in [-0.1, -0.05) is 28.1 Å². The van der Waals surface area contributed by atoms with Crippen LogP contribution in [-0.4, -0.2) is 5.11 Å². The molecule has 19 heavy (non-hydrogen) atoms. The van der Waals surface area contributed by atoms with Crippen molar-refractivity contribution in [3.05, 3.63) is 69.2 Å². The van der Waals surface area contributed by atoms with Crippen LogP contribution in [0.4, 0.5) is 8.78 Å². The molecule has 0 radical (unpaired) electrons. The van der Waals surface area contributed by atoms with Gasteiger partial charge in [0.05, 0.1) is 6.10 Å². The summed E-state index contributed by atoms with van der Waals surface area (Å²) in [6.07, 6.45) is -0.527. The van der Waals surface area contributed by atoms with E-state index in [0.29, 0.717) is 16.7 Å². The van der Waals surface area contributed by atoms with Crippen LogP contribution in [-0.2, 0) is 6.42 Å². The molecule has 1 nitrogen and oxygen atoms in total. The molecule has 100 valence electrons. The van der Waals surface area contributed by atoms with E-state index in [-0.39, 0.29) is 18.1 Å². The number of rotatable bonds is 3. The van der Waals surface area contributed by atoms with Crippen LogP contribution in [0.3, 0.4) is 0 Å². The van der Waals surface area contributed by atoms with Crippen molar-refractivity contribution in [2.24, 2.45) is 0 Å². The number of halogens is 3. The van der Waals surface area contributed by atoms with E-state index >= 15 is 0 Å². The monoisotopic (exact) mass is 326 g/mol. The number of aryl methyl sites for hydroxylation is 1. The van der Waals surface area contributed by atoms with Crippen LogP contribution in [0.25, 0.3) is 0 Å². The van der Waals surface area contributed by atoms with Gasteiger partial charge in [-0.2, -0.15) is 0 Å². The van der Waals surface area contributed by atoms with E-state index in [0.717, 1.165) is 4.47 Å². The van der Waals surface area contributed by atoms with E-state index in [1.54, 1.807) is 25.1 Å². The highest BCUT2D eigenvalue weighted by atomic mass is 79.9. The summed E-state index contributed by atoms with van der Waals surface area (Å²) in [7, 11) is 0. The quantitative estimate of drug-likeness (QED) is 0.891. The maximum absolute atomic E-state index is 13.2. The summed E-state index contributed by atoms with van der Waals surface area (Å²) in [6, 6.07) is 8.81. The van der Waals surface area contributed by atoms with E-state index in [2.05, 4.69) is 15.9 Å². The van der Waals surface area contributed by atoms with Crippen molar-refractivity contribution in [3.8, 4) is 0 Å². The molecule has 1 atom stereocenters. The molecule has 0 amide bonds.